The van der Waals surface area contributed by atoms with E-state index in [1.807, 2.05) is 24.0 Å². The third-order valence-corrected chi connectivity index (χ3v) is 5.72. The number of nitrogens with zero attached hydrogens (tertiary/aromatic N) is 4. The fraction of sp³-hybridized carbons (Fsp3) is 0.261. The molecule has 1 aromatic heterocycles. The molecule has 0 saturated carbocycles. The highest BCUT2D eigenvalue weighted by Crippen LogP contribution is 2.19. The summed E-state index contributed by atoms with van der Waals surface area (Å²) in [5.41, 5.74) is 2.71. The monoisotopic (exact) mass is 455 g/mol. The fourth-order valence-corrected chi connectivity index (χ4v) is 3.80. The molecule has 0 unspecified atom stereocenters. The summed E-state index contributed by atoms with van der Waals surface area (Å²) in [7, 11) is 0. The molecule has 1 aliphatic rings. The van der Waals surface area contributed by atoms with E-state index in [-0.39, 0.29) is 24.2 Å². The van der Waals surface area contributed by atoms with Gasteiger partial charge in [-0.05, 0) is 55.5 Å². The van der Waals surface area contributed by atoms with E-state index in [1.165, 1.54) is 24.3 Å². The zero-order valence-electron chi connectivity index (χ0n) is 17.6. The van der Waals surface area contributed by atoms with Crippen LogP contribution >= 0.6 is 11.6 Å². The lowest BCUT2D eigenvalue weighted by Gasteiger charge is -2.34. The third-order valence-electron chi connectivity index (χ3n) is 5.47. The molecule has 7 nitrogen and oxygen atoms in total. The van der Waals surface area contributed by atoms with Crippen LogP contribution in [0.25, 0.3) is 5.69 Å². The number of anilines is 1. The Bertz CT molecular complexity index is 1110. The summed E-state index contributed by atoms with van der Waals surface area (Å²) in [6.45, 7) is 4.31. The van der Waals surface area contributed by atoms with Gasteiger partial charge < -0.3 is 10.2 Å². The molecule has 2 amide bonds. The van der Waals surface area contributed by atoms with Crippen LogP contribution in [0.15, 0.2) is 54.7 Å². The molecule has 3 aromatic rings. The second-order valence-electron chi connectivity index (χ2n) is 7.66. The molecule has 2 heterocycles. The first kappa shape index (κ1) is 22.0. The SMILES string of the molecule is Cc1c(C(=O)N2CCN(CC(=O)Nc3ccc(F)cc3)CC2)cnn1-c1ccc(Cl)cc1. The zero-order valence-corrected chi connectivity index (χ0v) is 18.3. The van der Waals surface area contributed by atoms with Gasteiger partial charge in [0.05, 0.1) is 29.7 Å². The molecule has 0 spiro atoms. The number of hydrogen-bond acceptors (Lipinski definition) is 4. The summed E-state index contributed by atoms with van der Waals surface area (Å²) in [5, 5.41) is 7.77. The van der Waals surface area contributed by atoms with Crippen LogP contribution < -0.4 is 5.32 Å². The molecular formula is C23H23ClFN5O2. The molecule has 0 aliphatic carbocycles. The number of piperazine rings is 1. The minimum Gasteiger partial charge on any atom is -0.336 e. The van der Waals surface area contributed by atoms with Gasteiger partial charge in [0.1, 0.15) is 5.82 Å². The van der Waals surface area contributed by atoms with E-state index in [9.17, 15) is 14.0 Å². The second kappa shape index (κ2) is 9.50. The molecule has 32 heavy (non-hydrogen) atoms. The van der Waals surface area contributed by atoms with Crippen molar-refractivity contribution in [3.05, 3.63) is 76.8 Å². The van der Waals surface area contributed by atoms with Crippen LogP contribution in [0.4, 0.5) is 10.1 Å². The molecule has 0 radical (unpaired) electrons. The van der Waals surface area contributed by atoms with E-state index >= 15 is 0 Å². The molecule has 1 saturated heterocycles. The average molecular weight is 456 g/mol. The first-order chi connectivity index (χ1) is 15.4. The number of aromatic nitrogens is 2. The van der Waals surface area contributed by atoms with Crippen LogP contribution in [0.5, 0.6) is 0 Å². The van der Waals surface area contributed by atoms with Crippen LogP contribution in [-0.2, 0) is 4.79 Å². The average Bonchev–Trinajstić information content (AvgIpc) is 3.17. The van der Waals surface area contributed by atoms with Crippen LogP contribution in [0.3, 0.4) is 0 Å². The van der Waals surface area contributed by atoms with Gasteiger partial charge in [-0.15, -0.1) is 0 Å². The molecule has 0 bridgehead atoms. The van der Waals surface area contributed by atoms with Crippen molar-refractivity contribution in [1.29, 1.82) is 0 Å². The van der Waals surface area contributed by atoms with Gasteiger partial charge >= 0.3 is 0 Å². The van der Waals surface area contributed by atoms with Crippen LogP contribution in [0, 0.1) is 12.7 Å². The summed E-state index contributed by atoms with van der Waals surface area (Å²) in [6, 6.07) is 12.9. The van der Waals surface area contributed by atoms with Crippen molar-refractivity contribution >= 4 is 29.1 Å². The van der Waals surface area contributed by atoms with Crippen molar-refractivity contribution < 1.29 is 14.0 Å². The highest BCUT2D eigenvalue weighted by atomic mass is 35.5. The van der Waals surface area contributed by atoms with E-state index < -0.39 is 0 Å². The van der Waals surface area contributed by atoms with Crippen molar-refractivity contribution in [2.45, 2.75) is 6.92 Å². The number of rotatable bonds is 5. The molecular weight excluding hydrogens is 433 g/mol. The van der Waals surface area contributed by atoms with E-state index in [2.05, 4.69) is 10.4 Å². The van der Waals surface area contributed by atoms with Gasteiger partial charge in [0, 0.05) is 36.9 Å². The van der Waals surface area contributed by atoms with Gasteiger partial charge in [0.2, 0.25) is 5.91 Å². The van der Waals surface area contributed by atoms with Gasteiger partial charge in [-0.1, -0.05) is 11.6 Å². The molecule has 9 heteroatoms. The van der Waals surface area contributed by atoms with Gasteiger partial charge in [-0.25, -0.2) is 9.07 Å². The Morgan fingerprint density at radius 3 is 2.34 bits per heavy atom. The molecule has 1 aliphatic heterocycles. The van der Waals surface area contributed by atoms with Crippen molar-refractivity contribution in [2.75, 3.05) is 38.0 Å². The maximum atomic E-state index is 13.0. The Kier molecular flexibility index (Phi) is 6.53. The number of benzene rings is 2. The molecule has 4 rings (SSSR count). The lowest BCUT2D eigenvalue weighted by molar-refractivity contribution is -0.117. The number of nitrogens with one attached hydrogen (secondary N) is 1. The van der Waals surface area contributed by atoms with Gasteiger partial charge in [-0.2, -0.15) is 5.10 Å². The summed E-state index contributed by atoms with van der Waals surface area (Å²) in [5.74, 6) is -0.590. The maximum absolute atomic E-state index is 13.0. The van der Waals surface area contributed by atoms with Crippen molar-refractivity contribution in [3.8, 4) is 5.69 Å². The first-order valence-corrected chi connectivity index (χ1v) is 10.7. The molecule has 1 N–H and O–H groups in total. The number of hydrogen-bond donors (Lipinski definition) is 1. The molecule has 1 fully saturated rings. The lowest BCUT2D eigenvalue weighted by atomic mass is 10.2. The Balaban J connectivity index is 1.32. The minimum atomic E-state index is -0.349. The highest BCUT2D eigenvalue weighted by Gasteiger charge is 2.26. The predicted molar refractivity (Wildman–Crippen MR) is 121 cm³/mol. The van der Waals surface area contributed by atoms with E-state index in [4.69, 9.17) is 11.6 Å². The molecule has 0 atom stereocenters. The van der Waals surface area contributed by atoms with Gasteiger partial charge in [0.25, 0.3) is 5.91 Å². The highest BCUT2D eigenvalue weighted by molar-refractivity contribution is 6.30. The van der Waals surface area contributed by atoms with E-state index in [0.717, 1.165) is 11.4 Å². The summed E-state index contributed by atoms with van der Waals surface area (Å²) in [4.78, 5) is 29.1. The number of amides is 2. The van der Waals surface area contributed by atoms with Crippen molar-refractivity contribution in [3.63, 3.8) is 0 Å². The largest absolute Gasteiger partial charge is 0.336 e. The molecule has 2 aromatic carbocycles. The Morgan fingerprint density at radius 1 is 1.03 bits per heavy atom. The second-order valence-corrected chi connectivity index (χ2v) is 8.09. The number of carbonyl (C=O) groups is 2. The third kappa shape index (κ3) is 4.98. The standard InChI is InChI=1S/C23H23ClFN5O2/c1-16-21(14-26-30(16)20-8-2-17(24)3-9-20)23(32)29-12-10-28(11-13-29)15-22(31)27-19-6-4-18(25)5-7-19/h2-9,14H,10-13,15H2,1H3,(H,27,31). The van der Waals surface area contributed by atoms with Crippen LogP contribution in [-0.4, -0.2) is 64.1 Å². The topological polar surface area (TPSA) is 70.5 Å². The predicted octanol–water partition coefficient (Wildman–Crippen LogP) is 3.37. The van der Waals surface area contributed by atoms with Crippen LogP contribution in [0.2, 0.25) is 5.02 Å². The van der Waals surface area contributed by atoms with Gasteiger partial charge in [0.15, 0.2) is 0 Å². The van der Waals surface area contributed by atoms with Crippen molar-refractivity contribution in [2.24, 2.45) is 0 Å². The normalized spacial score (nSPS) is 14.4. The van der Waals surface area contributed by atoms with Gasteiger partial charge in [-0.3, -0.25) is 14.5 Å². The summed E-state index contributed by atoms with van der Waals surface area (Å²) in [6.07, 6.45) is 1.59. The zero-order chi connectivity index (χ0) is 22.7. The first-order valence-electron chi connectivity index (χ1n) is 10.3. The lowest BCUT2D eigenvalue weighted by Crippen LogP contribution is -2.50. The Labute approximate surface area is 190 Å². The summed E-state index contributed by atoms with van der Waals surface area (Å²) >= 11 is 5.95. The fourth-order valence-electron chi connectivity index (χ4n) is 3.68. The van der Waals surface area contributed by atoms with Crippen molar-refractivity contribution in [1.82, 2.24) is 19.6 Å². The quantitative estimate of drug-likeness (QED) is 0.640. The van der Waals surface area contributed by atoms with E-state index in [0.29, 0.717) is 42.5 Å². The number of carbonyl (C=O) groups excluding carboxylic acids is 2. The smallest absolute Gasteiger partial charge is 0.257 e. The van der Waals surface area contributed by atoms with E-state index in [1.54, 1.807) is 27.9 Å². The summed E-state index contributed by atoms with van der Waals surface area (Å²) < 4.78 is 14.7. The van der Waals surface area contributed by atoms with Crippen LogP contribution in [0.1, 0.15) is 16.1 Å². The molecule has 166 valence electrons. The number of halogens is 2. The Hall–Kier alpha value is -3.23. The maximum Gasteiger partial charge on any atom is 0.257 e. The minimum absolute atomic E-state index is 0.0712. The Morgan fingerprint density at radius 2 is 1.69 bits per heavy atom.